The Labute approximate surface area is 110 Å². The quantitative estimate of drug-likeness (QED) is 0.622. The van der Waals surface area contributed by atoms with Crippen LogP contribution >= 0.6 is 0 Å². The van der Waals surface area contributed by atoms with Crippen LogP contribution in [0.5, 0.6) is 5.75 Å². The van der Waals surface area contributed by atoms with E-state index < -0.39 is 0 Å². The second kappa shape index (κ2) is 6.76. The summed E-state index contributed by atoms with van der Waals surface area (Å²) in [6.45, 7) is 0. The summed E-state index contributed by atoms with van der Waals surface area (Å²) in [6, 6.07) is 8.70. The lowest BCUT2D eigenvalue weighted by molar-refractivity contribution is 0.268. The van der Waals surface area contributed by atoms with Crippen molar-refractivity contribution in [2.75, 3.05) is 7.11 Å². The third-order valence-electron chi connectivity index (χ3n) is 4.05. The van der Waals surface area contributed by atoms with Gasteiger partial charge in [-0.1, -0.05) is 31.4 Å². The van der Waals surface area contributed by atoms with Crippen LogP contribution in [0.1, 0.15) is 37.7 Å². The molecule has 18 heavy (non-hydrogen) atoms. The Kier molecular flexibility index (Phi) is 5.02. The average Bonchev–Trinajstić information content (AvgIpc) is 2.46. The predicted octanol–water partition coefficient (Wildman–Crippen LogP) is 2.65. The van der Waals surface area contributed by atoms with Crippen molar-refractivity contribution in [3.05, 3.63) is 29.8 Å². The van der Waals surface area contributed by atoms with Crippen LogP contribution in [0.15, 0.2) is 24.3 Å². The first-order chi connectivity index (χ1) is 8.83. The molecule has 0 spiro atoms. The Bertz CT molecular complexity index is 344. The molecule has 1 aliphatic rings. The van der Waals surface area contributed by atoms with E-state index in [1.165, 1.54) is 37.7 Å². The number of methoxy groups -OCH3 is 1. The summed E-state index contributed by atoms with van der Waals surface area (Å²) in [6.07, 6.45) is 7.72. The van der Waals surface area contributed by atoms with E-state index in [0.717, 1.165) is 18.1 Å². The third-order valence-corrected chi connectivity index (χ3v) is 4.05. The first kappa shape index (κ1) is 13.4. The summed E-state index contributed by atoms with van der Waals surface area (Å²) in [5.41, 5.74) is 4.34. The zero-order valence-electron chi connectivity index (χ0n) is 11.2. The van der Waals surface area contributed by atoms with Crippen LogP contribution in [0.3, 0.4) is 0 Å². The molecule has 1 aliphatic carbocycles. The number of benzene rings is 1. The van der Waals surface area contributed by atoms with Crippen LogP contribution in [-0.2, 0) is 6.42 Å². The minimum Gasteiger partial charge on any atom is -0.497 e. The maximum absolute atomic E-state index is 5.73. The fraction of sp³-hybridized carbons (Fsp3) is 0.600. The number of hydrogen-bond donors (Lipinski definition) is 2. The number of hydrogen-bond acceptors (Lipinski definition) is 3. The van der Waals surface area contributed by atoms with Crippen molar-refractivity contribution in [2.24, 2.45) is 11.8 Å². The second-order valence-corrected chi connectivity index (χ2v) is 5.22. The highest BCUT2D eigenvalue weighted by Crippen LogP contribution is 2.28. The summed E-state index contributed by atoms with van der Waals surface area (Å²) in [7, 11) is 1.70. The normalized spacial score (nSPS) is 18.6. The second-order valence-electron chi connectivity index (χ2n) is 5.22. The number of ether oxygens (including phenoxy) is 1. The Morgan fingerprint density at radius 1 is 1.22 bits per heavy atom. The van der Waals surface area contributed by atoms with Gasteiger partial charge < -0.3 is 4.74 Å². The molecule has 3 heteroatoms. The number of rotatable bonds is 5. The van der Waals surface area contributed by atoms with Crippen LogP contribution in [0.4, 0.5) is 0 Å². The summed E-state index contributed by atoms with van der Waals surface area (Å²) >= 11 is 0. The van der Waals surface area contributed by atoms with Gasteiger partial charge in [-0.2, -0.15) is 0 Å². The zero-order chi connectivity index (χ0) is 12.8. The molecule has 0 heterocycles. The predicted molar refractivity (Wildman–Crippen MR) is 74.4 cm³/mol. The van der Waals surface area contributed by atoms with E-state index in [1.54, 1.807) is 7.11 Å². The molecular formula is C15H24N2O. The van der Waals surface area contributed by atoms with Crippen molar-refractivity contribution in [2.45, 2.75) is 44.6 Å². The molecule has 0 saturated heterocycles. The largest absolute Gasteiger partial charge is 0.497 e. The van der Waals surface area contributed by atoms with Crippen LogP contribution in [0.2, 0.25) is 0 Å². The molecule has 3 nitrogen and oxygen atoms in total. The van der Waals surface area contributed by atoms with E-state index in [1.807, 2.05) is 12.1 Å². The van der Waals surface area contributed by atoms with E-state index in [4.69, 9.17) is 10.6 Å². The maximum Gasteiger partial charge on any atom is 0.118 e. The summed E-state index contributed by atoms with van der Waals surface area (Å²) in [5, 5.41) is 0. The lowest BCUT2D eigenvalue weighted by Gasteiger charge is -2.29. The molecule has 1 aromatic carbocycles. The minimum absolute atomic E-state index is 0.402. The van der Waals surface area contributed by atoms with Gasteiger partial charge in [-0.25, -0.2) is 0 Å². The minimum atomic E-state index is 0.402. The van der Waals surface area contributed by atoms with Crippen LogP contribution < -0.4 is 16.0 Å². The molecule has 1 unspecified atom stereocenters. The third kappa shape index (κ3) is 3.47. The van der Waals surface area contributed by atoms with Gasteiger partial charge in [0.15, 0.2) is 0 Å². The monoisotopic (exact) mass is 248 g/mol. The zero-order valence-corrected chi connectivity index (χ0v) is 11.2. The lowest BCUT2D eigenvalue weighted by atomic mass is 9.82. The van der Waals surface area contributed by atoms with Crippen molar-refractivity contribution in [3.8, 4) is 5.75 Å². The van der Waals surface area contributed by atoms with Crippen LogP contribution in [0, 0.1) is 5.92 Å². The van der Waals surface area contributed by atoms with Crippen molar-refractivity contribution < 1.29 is 4.74 Å². The van der Waals surface area contributed by atoms with Crippen molar-refractivity contribution in [3.63, 3.8) is 0 Å². The van der Waals surface area contributed by atoms with E-state index in [0.29, 0.717) is 6.04 Å². The van der Waals surface area contributed by atoms with Gasteiger partial charge in [0.2, 0.25) is 0 Å². The van der Waals surface area contributed by atoms with E-state index in [2.05, 4.69) is 17.6 Å². The van der Waals surface area contributed by atoms with Crippen molar-refractivity contribution in [1.29, 1.82) is 0 Å². The smallest absolute Gasteiger partial charge is 0.118 e. The summed E-state index contributed by atoms with van der Waals surface area (Å²) < 4.78 is 5.18. The molecule has 100 valence electrons. The fourth-order valence-corrected chi connectivity index (χ4v) is 2.91. The van der Waals surface area contributed by atoms with E-state index in [-0.39, 0.29) is 0 Å². The van der Waals surface area contributed by atoms with E-state index in [9.17, 15) is 0 Å². The molecule has 0 bridgehead atoms. The SMILES string of the molecule is COc1ccc(CC(NN)C2CCCCC2)cc1. The Balaban J connectivity index is 1.95. The first-order valence-corrected chi connectivity index (χ1v) is 6.92. The average molecular weight is 248 g/mol. The molecule has 0 radical (unpaired) electrons. The molecule has 3 N–H and O–H groups in total. The van der Waals surface area contributed by atoms with Gasteiger partial charge in [0.05, 0.1) is 7.11 Å². The van der Waals surface area contributed by atoms with Gasteiger partial charge in [0.1, 0.15) is 5.75 Å². The van der Waals surface area contributed by atoms with Gasteiger partial charge in [-0.15, -0.1) is 0 Å². The number of nitrogens with two attached hydrogens (primary N) is 1. The van der Waals surface area contributed by atoms with Gasteiger partial charge in [0.25, 0.3) is 0 Å². The standard InChI is InChI=1S/C15H24N2O/c1-18-14-9-7-12(8-10-14)11-15(17-16)13-5-3-2-4-6-13/h7-10,13,15,17H,2-6,11,16H2,1H3. The summed E-state index contributed by atoms with van der Waals surface area (Å²) in [5.74, 6) is 7.37. The van der Waals surface area contributed by atoms with Gasteiger partial charge in [0, 0.05) is 6.04 Å². The Hall–Kier alpha value is -1.06. The van der Waals surface area contributed by atoms with Crippen molar-refractivity contribution in [1.82, 2.24) is 5.43 Å². The molecule has 1 aromatic rings. The van der Waals surface area contributed by atoms with Gasteiger partial charge >= 0.3 is 0 Å². The molecular weight excluding hydrogens is 224 g/mol. The molecule has 0 amide bonds. The van der Waals surface area contributed by atoms with Crippen LogP contribution in [-0.4, -0.2) is 13.2 Å². The van der Waals surface area contributed by atoms with Crippen LogP contribution in [0.25, 0.3) is 0 Å². The fourth-order valence-electron chi connectivity index (χ4n) is 2.91. The number of nitrogens with one attached hydrogen (secondary N) is 1. The molecule has 1 saturated carbocycles. The van der Waals surface area contributed by atoms with Crippen molar-refractivity contribution >= 4 is 0 Å². The highest BCUT2D eigenvalue weighted by atomic mass is 16.5. The summed E-state index contributed by atoms with van der Waals surface area (Å²) in [4.78, 5) is 0. The number of hydrazine groups is 1. The van der Waals surface area contributed by atoms with Gasteiger partial charge in [-0.3, -0.25) is 11.3 Å². The van der Waals surface area contributed by atoms with Gasteiger partial charge in [-0.05, 0) is 42.9 Å². The van der Waals surface area contributed by atoms with E-state index >= 15 is 0 Å². The molecule has 1 fully saturated rings. The lowest BCUT2D eigenvalue weighted by Crippen LogP contribution is -2.43. The molecule has 2 rings (SSSR count). The topological polar surface area (TPSA) is 47.3 Å². The first-order valence-electron chi connectivity index (χ1n) is 6.92. The Morgan fingerprint density at radius 3 is 2.44 bits per heavy atom. The highest BCUT2D eigenvalue weighted by Gasteiger charge is 2.22. The highest BCUT2D eigenvalue weighted by molar-refractivity contribution is 5.27. The molecule has 0 aliphatic heterocycles. The molecule has 0 aromatic heterocycles. The maximum atomic E-state index is 5.73. The Morgan fingerprint density at radius 2 is 1.89 bits per heavy atom. The molecule has 1 atom stereocenters.